The Kier molecular flexibility index (Phi) is 6.09. The van der Waals surface area contributed by atoms with Crippen molar-refractivity contribution < 1.29 is 4.79 Å². The van der Waals surface area contributed by atoms with E-state index in [-0.39, 0.29) is 5.24 Å². The molecule has 0 amide bonds. The lowest BCUT2D eigenvalue weighted by Crippen LogP contribution is -1.92. The molecule has 1 nitrogen and oxygen atoms in total. The lowest BCUT2D eigenvalue weighted by atomic mass is 10.0. The summed E-state index contributed by atoms with van der Waals surface area (Å²) in [7, 11) is 0. The maximum atomic E-state index is 10.6. The zero-order chi connectivity index (χ0) is 9.56. The summed E-state index contributed by atoms with van der Waals surface area (Å²) in [6, 6.07) is 0. The van der Waals surface area contributed by atoms with Crippen LogP contribution in [-0.4, -0.2) is 5.24 Å². The molecule has 0 aliphatic heterocycles. The molecule has 0 bridgehead atoms. The molecule has 0 aromatic carbocycles. The minimum absolute atomic E-state index is 0.334. The molecule has 0 N–H and O–H groups in total. The van der Waals surface area contributed by atoms with Gasteiger partial charge in [-0.1, -0.05) is 26.3 Å². The van der Waals surface area contributed by atoms with Gasteiger partial charge in [-0.05, 0) is 37.3 Å². The minimum atomic E-state index is -0.334. The Morgan fingerprint density at radius 3 is 2.58 bits per heavy atom. The summed E-state index contributed by atoms with van der Waals surface area (Å²) in [5.74, 6) is 0.736. The molecule has 1 atom stereocenters. The summed E-state index contributed by atoms with van der Waals surface area (Å²) in [5, 5.41) is -0.334. The Hall–Kier alpha value is -0.300. The number of carbonyl (C=O) groups is 1. The topological polar surface area (TPSA) is 17.1 Å². The highest BCUT2D eigenvalue weighted by Crippen LogP contribution is 2.11. The Morgan fingerprint density at radius 1 is 1.58 bits per heavy atom. The van der Waals surface area contributed by atoms with E-state index in [0.717, 1.165) is 18.8 Å². The molecule has 0 fully saturated rings. The van der Waals surface area contributed by atoms with Crippen molar-refractivity contribution in [2.24, 2.45) is 5.92 Å². The number of hydrogen-bond acceptors (Lipinski definition) is 1. The predicted octanol–water partition coefficient (Wildman–Crippen LogP) is 3.52. The lowest BCUT2D eigenvalue weighted by molar-refractivity contribution is -0.108. The molecule has 0 radical (unpaired) electrons. The molecule has 0 aliphatic rings. The average molecular weight is 189 g/mol. The van der Waals surface area contributed by atoms with Crippen molar-refractivity contribution in [2.75, 3.05) is 0 Å². The monoisotopic (exact) mass is 188 g/mol. The molecular weight excluding hydrogens is 172 g/mol. The summed E-state index contributed by atoms with van der Waals surface area (Å²) >= 11 is 5.27. The van der Waals surface area contributed by atoms with Crippen LogP contribution in [0.1, 0.15) is 40.0 Å². The summed E-state index contributed by atoms with van der Waals surface area (Å²) in [6.07, 6.45) is 5.21. The third-order valence-electron chi connectivity index (χ3n) is 2.12. The number of rotatable bonds is 5. The van der Waals surface area contributed by atoms with E-state index in [2.05, 4.69) is 13.8 Å². The van der Waals surface area contributed by atoms with Crippen LogP contribution in [0.25, 0.3) is 0 Å². The van der Waals surface area contributed by atoms with Gasteiger partial charge in [0.2, 0.25) is 5.24 Å². The van der Waals surface area contributed by atoms with E-state index >= 15 is 0 Å². The van der Waals surface area contributed by atoms with Crippen molar-refractivity contribution >= 4 is 16.8 Å². The number of allylic oxidation sites excluding steroid dienone is 2. The van der Waals surface area contributed by atoms with Crippen molar-refractivity contribution in [2.45, 2.75) is 40.0 Å². The van der Waals surface area contributed by atoms with E-state index < -0.39 is 0 Å². The average Bonchev–Trinajstić information content (AvgIpc) is 2.03. The largest absolute Gasteiger partial charge is 0.276 e. The molecule has 70 valence electrons. The van der Waals surface area contributed by atoms with Gasteiger partial charge in [0.05, 0.1) is 0 Å². The van der Waals surface area contributed by atoms with Gasteiger partial charge in [0.25, 0.3) is 0 Å². The first-order valence-corrected chi connectivity index (χ1v) is 4.82. The third kappa shape index (κ3) is 5.36. The van der Waals surface area contributed by atoms with Gasteiger partial charge in [0.15, 0.2) is 0 Å². The molecule has 0 aromatic heterocycles. The summed E-state index contributed by atoms with van der Waals surface area (Å²) in [5.41, 5.74) is 0.667. The summed E-state index contributed by atoms with van der Waals surface area (Å²) < 4.78 is 0. The summed E-state index contributed by atoms with van der Waals surface area (Å²) in [4.78, 5) is 10.6. The SMILES string of the molecule is CCC(C)CC/C=C(\C)C(=O)Cl. The molecule has 0 saturated heterocycles. The molecule has 0 heterocycles. The van der Waals surface area contributed by atoms with E-state index in [1.807, 2.05) is 6.08 Å². The zero-order valence-electron chi connectivity index (χ0n) is 8.06. The quantitative estimate of drug-likeness (QED) is 0.477. The first-order chi connectivity index (χ1) is 5.57. The normalized spacial score (nSPS) is 14.5. The first-order valence-electron chi connectivity index (χ1n) is 4.44. The van der Waals surface area contributed by atoms with Crippen molar-refractivity contribution in [3.8, 4) is 0 Å². The molecule has 1 unspecified atom stereocenters. The van der Waals surface area contributed by atoms with Gasteiger partial charge in [-0.25, -0.2) is 0 Å². The Bertz CT molecular complexity index is 173. The van der Waals surface area contributed by atoms with Crippen molar-refractivity contribution in [3.05, 3.63) is 11.6 Å². The van der Waals surface area contributed by atoms with E-state index in [1.54, 1.807) is 6.92 Å². The molecular formula is C10H17ClO. The number of halogens is 1. The van der Waals surface area contributed by atoms with Crippen LogP contribution in [-0.2, 0) is 4.79 Å². The molecule has 0 aromatic rings. The molecule has 2 heteroatoms. The third-order valence-corrected chi connectivity index (χ3v) is 2.42. The Morgan fingerprint density at radius 2 is 2.17 bits per heavy atom. The van der Waals surface area contributed by atoms with Crippen LogP contribution in [0.4, 0.5) is 0 Å². The second kappa shape index (κ2) is 6.24. The van der Waals surface area contributed by atoms with Crippen LogP contribution >= 0.6 is 11.6 Å². The molecule has 12 heavy (non-hydrogen) atoms. The zero-order valence-corrected chi connectivity index (χ0v) is 8.82. The second-order valence-corrected chi connectivity index (χ2v) is 3.59. The predicted molar refractivity (Wildman–Crippen MR) is 53.3 cm³/mol. The fourth-order valence-electron chi connectivity index (χ4n) is 0.869. The van der Waals surface area contributed by atoms with Crippen LogP contribution in [0.3, 0.4) is 0 Å². The first kappa shape index (κ1) is 11.7. The fourth-order valence-corrected chi connectivity index (χ4v) is 0.946. The lowest BCUT2D eigenvalue weighted by Gasteiger charge is -2.04. The Labute approximate surface area is 79.8 Å². The highest BCUT2D eigenvalue weighted by Gasteiger charge is 1.99. The van der Waals surface area contributed by atoms with Gasteiger partial charge in [0.1, 0.15) is 0 Å². The van der Waals surface area contributed by atoms with Crippen molar-refractivity contribution in [3.63, 3.8) is 0 Å². The molecule has 0 rings (SSSR count). The highest BCUT2D eigenvalue weighted by molar-refractivity contribution is 6.67. The van der Waals surface area contributed by atoms with E-state index in [1.165, 1.54) is 6.42 Å². The second-order valence-electron chi connectivity index (χ2n) is 3.25. The Balaban J connectivity index is 3.67. The van der Waals surface area contributed by atoms with E-state index in [4.69, 9.17) is 11.6 Å². The van der Waals surface area contributed by atoms with Gasteiger partial charge >= 0.3 is 0 Å². The van der Waals surface area contributed by atoms with Gasteiger partial charge in [0, 0.05) is 5.57 Å². The van der Waals surface area contributed by atoms with Crippen LogP contribution in [0, 0.1) is 5.92 Å². The standard InChI is InChI=1S/C10H17ClO/c1-4-8(2)6-5-7-9(3)10(11)12/h7-8H,4-6H2,1-3H3/b9-7+. The molecule has 0 spiro atoms. The van der Waals surface area contributed by atoms with Crippen LogP contribution in [0.15, 0.2) is 11.6 Å². The van der Waals surface area contributed by atoms with Crippen molar-refractivity contribution in [1.82, 2.24) is 0 Å². The van der Waals surface area contributed by atoms with Crippen molar-refractivity contribution in [1.29, 1.82) is 0 Å². The van der Waals surface area contributed by atoms with Crippen LogP contribution in [0.2, 0.25) is 0 Å². The van der Waals surface area contributed by atoms with E-state index in [9.17, 15) is 4.79 Å². The van der Waals surface area contributed by atoms with E-state index in [0.29, 0.717) is 5.57 Å². The fraction of sp³-hybridized carbons (Fsp3) is 0.700. The smallest absolute Gasteiger partial charge is 0.247 e. The molecule has 0 saturated carbocycles. The van der Waals surface area contributed by atoms with Gasteiger partial charge < -0.3 is 0 Å². The maximum Gasteiger partial charge on any atom is 0.247 e. The van der Waals surface area contributed by atoms with Gasteiger partial charge in [-0.2, -0.15) is 0 Å². The number of hydrogen-bond donors (Lipinski definition) is 0. The highest BCUT2D eigenvalue weighted by atomic mass is 35.5. The maximum absolute atomic E-state index is 10.6. The van der Waals surface area contributed by atoms with Crippen LogP contribution in [0.5, 0.6) is 0 Å². The van der Waals surface area contributed by atoms with Gasteiger partial charge in [-0.15, -0.1) is 0 Å². The molecule has 0 aliphatic carbocycles. The van der Waals surface area contributed by atoms with Crippen LogP contribution < -0.4 is 0 Å². The summed E-state index contributed by atoms with van der Waals surface area (Å²) in [6.45, 7) is 6.14. The number of carbonyl (C=O) groups excluding carboxylic acids is 1. The minimum Gasteiger partial charge on any atom is -0.276 e. The van der Waals surface area contributed by atoms with Gasteiger partial charge in [-0.3, -0.25) is 4.79 Å².